The lowest BCUT2D eigenvalue weighted by Crippen LogP contribution is -2.02. The number of hydrogen-bond donors (Lipinski definition) is 0. The Morgan fingerprint density at radius 3 is 1.54 bits per heavy atom. The number of hydrogen-bond acceptors (Lipinski definition) is 4. The van der Waals surface area contributed by atoms with Gasteiger partial charge in [-0.3, -0.25) is 0 Å². The van der Waals surface area contributed by atoms with Crippen LogP contribution in [0.5, 0.6) is 0 Å². The second kappa shape index (κ2) is 16.3. The lowest BCUT2D eigenvalue weighted by molar-refractivity contribution is 1.07. The third-order valence-corrected chi connectivity index (χ3v) is 15.0. The molecule has 14 aromatic rings. The summed E-state index contributed by atoms with van der Waals surface area (Å²) in [6, 6.07) is 87.1. The van der Waals surface area contributed by atoms with Gasteiger partial charge in [0.1, 0.15) is 0 Å². The molecule has 0 aliphatic heterocycles. The monoisotopic (exact) mass is 908 g/mol. The first kappa shape index (κ1) is 40.1. The highest BCUT2D eigenvalue weighted by Crippen LogP contribution is 2.46. The van der Waals surface area contributed by atoms with Crippen molar-refractivity contribution in [1.29, 1.82) is 0 Å². The highest BCUT2D eigenvalue weighted by atomic mass is 32.1. The average Bonchev–Trinajstić information content (AvgIpc) is 3.99. The molecule has 0 amide bonds. The topological polar surface area (TPSA) is 43.6 Å². The van der Waals surface area contributed by atoms with E-state index in [4.69, 9.17) is 15.0 Å². The van der Waals surface area contributed by atoms with Crippen LogP contribution in [0.1, 0.15) is 0 Å². The molecule has 4 nitrogen and oxygen atoms in total. The zero-order valence-corrected chi connectivity index (χ0v) is 38.6. The van der Waals surface area contributed by atoms with Crippen LogP contribution < -0.4 is 0 Å². The molecule has 0 atom stereocenters. The molecular weight excluding hydrogens is 869 g/mol. The summed E-state index contributed by atoms with van der Waals surface area (Å²) in [5.41, 5.74) is 13.0. The molecule has 14 rings (SSSR count). The number of fused-ring (bicyclic) bond motifs is 9. The Labute approximate surface area is 408 Å². The highest BCUT2D eigenvalue weighted by Gasteiger charge is 2.22. The summed E-state index contributed by atoms with van der Waals surface area (Å²) in [6.07, 6.45) is 0. The predicted octanol–water partition coefficient (Wildman–Crippen LogP) is 17.6. The normalized spacial score (nSPS) is 11.7. The minimum Gasteiger partial charge on any atom is -0.309 e. The SMILES string of the molecule is c1ccc(-c2ccc(-c3ccc(-c4nc(-c5ccccc5)nc(-c5ccc(-n6c7ccccc7c7cc8ccccc8cc76)cc5-c5cccc6sc7ccc8ccccc8c7c56)n4)cc3)cc2)cc1. The van der Waals surface area contributed by atoms with Crippen LogP contribution in [-0.4, -0.2) is 19.5 Å². The fourth-order valence-corrected chi connectivity index (χ4v) is 11.6. The van der Waals surface area contributed by atoms with E-state index in [0.29, 0.717) is 17.5 Å². The lowest BCUT2D eigenvalue weighted by atomic mass is 9.93. The number of para-hydroxylation sites is 1. The van der Waals surface area contributed by atoms with Crippen LogP contribution in [0.4, 0.5) is 0 Å². The van der Waals surface area contributed by atoms with Gasteiger partial charge in [0.15, 0.2) is 17.5 Å². The van der Waals surface area contributed by atoms with E-state index in [1.54, 1.807) is 0 Å². The number of nitrogens with zero attached hydrogens (tertiary/aromatic N) is 4. The van der Waals surface area contributed by atoms with Gasteiger partial charge in [0.05, 0.1) is 11.0 Å². The van der Waals surface area contributed by atoms with Gasteiger partial charge in [0.2, 0.25) is 0 Å². The first-order valence-corrected chi connectivity index (χ1v) is 24.5. The molecule has 3 aromatic heterocycles. The zero-order chi connectivity index (χ0) is 46.1. The van der Waals surface area contributed by atoms with Gasteiger partial charge in [-0.2, -0.15) is 0 Å². The minimum atomic E-state index is 0.612. The van der Waals surface area contributed by atoms with Crippen molar-refractivity contribution in [3.05, 3.63) is 243 Å². The Balaban J connectivity index is 0.995. The second-order valence-corrected chi connectivity index (χ2v) is 19.0. The van der Waals surface area contributed by atoms with E-state index in [9.17, 15) is 0 Å². The summed E-state index contributed by atoms with van der Waals surface area (Å²) in [7, 11) is 0. The van der Waals surface area contributed by atoms with Crippen LogP contribution in [0.3, 0.4) is 0 Å². The molecule has 326 valence electrons. The van der Waals surface area contributed by atoms with Crippen molar-refractivity contribution in [3.63, 3.8) is 0 Å². The van der Waals surface area contributed by atoms with Crippen LogP contribution in [0, 0.1) is 0 Å². The third kappa shape index (κ3) is 6.70. The van der Waals surface area contributed by atoms with E-state index in [0.717, 1.165) is 55.7 Å². The minimum absolute atomic E-state index is 0.612. The van der Waals surface area contributed by atoms with Gasteiger partial charge in [0.25, 0.3) is 0 Å². The van der Waals surface area contributed by atoms with Gasteiger partial charge in [0, 0.05) is 53.3 Å². The number of aromatic nitrogens is 4. The first-order valence-electron chi connectivity index (χ1n) is 23.7. The molecule has 0 spiro atoms. The largest absolute Gasteiger partial charge is 0.309 e. The summed E-state index contributed by atoms with van der Waals surface area (Å²) in [5.74, 6) is 1.85. The van der Waals surface area contributed by atoms with E-state index < -0.39 is 0 Å². The maximum atomic E-state index is 5.41. The van der Waals surface area contributed by atoms with Crippen molar-refractivity contribution in [2.45, 2.75) is 0 Å². The Hall–Kier alpha value is -9.03. The quantitative estimate of drug-likeness (QED) is 0.160. The van der Waals surface area contributed by atoms with Crippen molar-refractivity contribution in [3.8, 4) is 73.2 Å². The molecule has 0 radical (unpaired) electrons. The maximum absolute atomic E-state index is 5.41. The smallest absolute Gasteiger partial charge is 0.164 e. The van der Waals surface area contributed by atoms with Crippen LogP contribution in [0.2, 0.25) is 0 Å². The molecule has 0 fully saturated rings. The van der Waals surface area contributed by atoms with Crippen molar-refractivity contribution in [2.75, 3.05) is 0 Å². The maximum Gasteiger partial charge on any atom is 0.164 e. The molecule has 0 bridgehead atoms. The van der Waals surface area contributed by atoms with Crippen molar-refractivity contribution in [2.24, 2.45) is 0 Å². The zero-order valence-electron chi connectivity index (χ0n) is 37.8. The van der Waals surface area contributed by atoms with E-state index >= 15 is 0 Å². The van der Waals surface area contributed by atoms with E-state index in [1.807, 2.05) is 29.5 Å². The molecule has 0 saturated carbocycles. The molecule has 70 heavy (non-hydrogen) atoms. The van der Waals surface area contributed by atoms with Gasteiger partial charge in [-0.1, -0.05) is 194 Å². The highest BCUT2D eigenvalue weighted by molar-refractivity contribution is 7.26. The Morgan fingerprint density at radius 2 is 0.829 bits per heavy atom. The summed E-state index contributed by atoms with van der Waals surface area (Å²) >= 11 is 1.85. The van der Waals surface area contributed by atoms with Gasteiger partial charge < -0.3 is 4.57 Å². The van der Waals surface area contributed by atoms with Gasteiger partial charge in [-0.15, -0.1) is 11.3 Å². The molecule has 0 N–H and O–H groups in total. The summed E-state index contributed by atoms with van der Waals surface area (Å²) < 4.78 is 4.92. The van der Waals surface area contributed by atoms with Crippen LogP contribution in [0.25, 0.3) is 137 Å². The summed E-state index contributed by atoms with van der Waals surface area (Å²) in [5, 5.41) is 9.84. The fourth-order valence-electron chi connectivity index (χ4n) is 10.5. The van der Waals surface area contributed by atoms with E-state index in [-0.39, 0.29) is 0 Å². The summed E-state index contributed by atoms with van der Waals surface area (Å²) in [4.78, 5) is 16.0. The Bertz CT molecular complexity index is 4330. The van der Waals surface area contributed by atoms with Crippen molar-refractivity contribution < 1.29 is 0 Å². The molecule has 5 heteroatoms. The standard InChI is InChI=1S/C65H40N4S/c1-3-14-41(15-4-1)42-26-28-43(29-27-42)44-30-32-47(33-31-44)64-66-63(46-17-5-2-6-18-46)67-65(68-64)54-36-35-50(69-57-24-12-11-22-52(57)56-38-48-19-7-8-20-49(48)39-58(56)69)40-55(54)53-23-13-25-59-62(53)61-51-21-10-9-16-45(51)34-37-60(61)70-59/h1-40H. The molecule has 0 aliphatic rings. The van der Waals surface area contributed by atoms with Crippen LogP contribution in [0.15, 0.2) is 243 Å². The van der Waals surface area contributed by atoms with Gasteiger partial charge in [-0.25, -0.2) is 15.0 Å². The lowest BCUT2D eigenvalue weighted by Gasteiger charge is -2.16. The number of rotatable bonds is 7. The Morgan fingerprint density at radius 1 is 0.286 bits per heavy atom. The van der Waals surface area contributed by atoms with Crippen LogP contribution in [-0.2, 0) is 0 Å². The van der Waals surface area contributed by atoms with Crippen LogP contribution >= 0.6 is 11.3 Å². The molecular formula is C65H40N4S. The number of benzene rings is 11. The Kier molecular flexibility index (Phi) is 9.36. The van der Waals surface area contributed by atoms with Gasteiger partial charge in [-0.05, 0) is 103 Å². The average molecular weight is 909 g/mol. The van der Waals surface area contributed by atoms with E-state index in [1.165, 1.54) is 63.6 Å². The van der Waals surface area contributed by atoms with Crippen molar-refractivity contribution in [1.82, 2.24) is 19.5 Å². The number of thiophene rings is 1. The molecule has 0 aliphatic carbocycles. The second-order valence-electron chi connectivity index (χ2n) is 17.9. The third-order valence-electron chi connectivity index (χ3n) is 13.9. The molecule has 0 unspecified atom stereocenters. The summed E-state index contributed by atoms with van der Waals surface area (Å²) in [6.45, 7) is 0. The van der Waals surface area contributed by atoms with E-state index in [2.05, 4.69) is 229 Å². The molecule has 11 aromatic carbocycles. The predicted molar refractivity (Wildman–Crippen MR) is 295 cm³/mol. The molecule has 0 saturated heterocycles. The van der Waals surface area contributed by atoms with Gasteiger partial charge >= 0.3 is 0 Å². The first-order chi connectivity index (χ1) is 34.7. The molecule has 3 heterocycles. The fraction of sp³-hybridized carbons (Fsp3) is 0. The van der Waals surface area contributed by atoms with Crippen molar-refractivity contribution >= 4 is 74.9 Å².